The third kappa shape index (κ3) is 5.17. The Kier molecular flexibility index (Phi) is 6.58. The van der Waals surface area contributed by atoms with Crippen LogP contribution in [-0.2, 0) is 17.8 Å². The number of nitrogens with zero attached hydrogens (tertiary/aromatic N) is 2. The van der Waals surface area contributed by atoms with Crippen molar-refractivity contribution in [3.63, 3.8) is 0 Å². The second kappa shape index (κ2) is 8.49. The Bertz CT molecular complexity index is 791. The van der Waals surface area contributed by atoms with E-state index in [0.29, 0.717) is 11.6 Å². The van der Waals surface area contributed by atoms with E-state index in [9.17, 15) is 13.6 Å². The van der Waals surface area contributed by atoms with Gasteiger partial charge >= 0.3 is 6.61 Å². The molecule has 2 aromatic rings. The van der Waals surface area contributed by atoms with Gasteiger partial charge in [0, 0.05) is 23.5 Å². The normalized spacial score (nSPS) is 11.3. The molecule has 0 aliphatic heterocycles. The average molecular weight is 386 g/mol. The van der Waals surface area contributed by atoms with E-state index in [1.807, 2.05) is 18.5 Å². The van der Waals surface area contributed by atoms with Gasteiger partial charge in [-0.05, 0) is 38.0 Å². The number of aromatic nitrogens is 2. The molecule has 5 nitrogen and oxygen atoms in total. The number of nitrogens with one attached hydrogen (secondary N) is 1. The number of hydrogen-bond acceptors (Lipinski definition) is 3. The average Bonchev–Trinajstić information content (AvgIpc) is 2.76. The third-order valence-corrected chi connectivity index (χ3v) is 4.13. The maximum absolute atomic E-state index is 12.3. The number of carbonyl (C=O) groups excluding carboxylic acids is 1. The second-order valence-corrected chi connectivity index (χ2v) is 6.88. The van der Waals surface area contributed by atoms with E-state index in [-0.39, 0.29) is 23.1 Å². The summed E-state index contributed by atoms with van der Waals surface area (Å²) in [5, 5.41) is 7.20. The lowest BCUT2D eigenvalue weighted by molar-refractivity contribution is -0.115. The fraction of sp³-hybridized carbons (Fsp3) is 0.444. The molecule has 0 fully saturated rings. The Labute approximate surface area is 156 Å². The number of anilines is 1. The van der Waals surface area contributed by atoms with E-state index in [2.05, 4.69) is 29.0 Å². The molecule has 0 spiro atoms. The zero-order valence-corrected chi connectivity index (χ0v) is 15.9. The molecule has 0 atom stereocenters. The summed E-state index contributed by atoms with van der Waals surface area (Å²) in [5.41, 5.74) is 3.07. The lowest BCUT2D eigenvalue weighted by Gasteiger charge is -2.10. The summed E-state index contributed by atoms with van der Waals surface area (Å²) in [6, 6.07) is 4.13. The molecule has 0 radical (unpaired) electrons. The first-order valence-electron chi connectivity index (χ1n) is 8.24. The summed E-state index contributed by atoms with van der Waals surface area (Å²) in [7, 11) is 0. The molecule has 2 rings (SSSR count). The van der Waals surface area contributed by atoms with Crippen molar-refractivity contribution < 1.29 is 18.3 Å². The predicted octanol–water partition coefficient (Wildman–Crippen LogP) is 4.59. The van der Waals surface area contributed by atoms with Crippen molar-refractivity contribution in [2.75, 3.05) is 5.32 Å². The highest BCUT2D eigenvalue weighted by atomic mass is 35.5. The van der Waals surface area contributed by atoms with Crippen LogP contribution >= 0.6 is 11.6 Å². The van der Waals surface area contributed by atoms with Crippen molar-refractivity contribution in [2.45, 2.75) is 47.3 Å². The van der Waals surface area contributed by atoms with Crippen molar-refractivity contribution in [2.24, 2.45) is 5.92 Å². The topological polar surface area (TPSA) is 56.2 Å². The molecule has 1 heterocycles. The standard InChI is InChI=1S/C18H22ClF2N3O2/c1-10(2)9-24-12(4)14(11(3)23-24)8-17(25)22-13-5-6-16(15(19)7-13)26-18(20)21/h5-7,10,18H,8-9H2,1-4H3,(H,22,25). The van der Waals surface area contributed by atoms with Gasteiger partial charge in [0.2, 0.25) is 5.91 Å². The maximum Gasteiger partial charge on any atom is 0.387 e. The summed E-state index contributed by atoms with van der Waals surface area (Å²) >= 11 is 5.90. The molecule has 0 saturated heterocycles. The molecule has 0 saturated carbocycles. The smallest absolute Gasteiger partial charge is 0.387 e. The Balaban J connectivity index is 2.07. The molecule has 26 heavy (non-hydrogen) atoms. The van der Waals surface area contributed by atoms with Crippen LogP contribution in [0.2, 0.25) is 5.02 Å². The lowest BCUT2D eigenvalue weighted by Crippen LogP contribution is -2.15. The first-order chi connectivity index (χ1) is 12.2. The van der Waals surface area contributed by atoms with Gasteiger partial charge in [-0.3, -0.25) is 9.48 Å². The molecule has 0 aliphatic rings. The number of benzene rings is 1. The lowest BCUT2D eigenvalue weighted by atomic mass is 10.1. The maximum atomic E-state index is 12.3. The molecule has 0 unspecified atom stereocenters. The van der Waals surface area contributed by atoms with Crippen LogP contribution in [0.4, 0.5) is 14.5 Å². The van der Waals surface area contributed by atoms with Crippen LogP contribution in [0.5, 0.6) is 5.75 Å². The highest BCUT2D eigenvalue weighted by Gasteiger charge is 2.16. The largest absolute Gasteiger partial charge is 0.433 e. The number of aryl methyl sites for hydroxylation is 1. The van der Waals surface area contributed by atoms with Crippen molar-refractivity contribution in [3.8, 4) is 5.75 Å². The van der Waals surface area contributed by atoms with E-state index >= 15 is 0 Å². The highest BCUT2D eigenvalue weighted by Crippen LogP contribution is 2.29. The molecule has 1 aromatic heterocycles. The number of rotatable bonds is 7. The Morgan fingerprint density at radius 3 is 2.62 bits per heavy atom. The minimum absolute atomic E-state index is 0.000198. The van der Waals surface area contributed by atoms with Crippen LogP contribution in [0, 0.1) is 19.8 Å². The van der Waals surface area contributed by atoms with E-state index < -0.39 is 6.61 Å². The van der Waals surface area contributed by atoms with Crippen molar-refractivity contribution in [1.82, 2.24) is 9.78 Å². The van der Waals surface area contributed by atoms with Gasteiger partial charge in [-0.1, -0.05) is 25.4 Å². The number of amides is 1. The highest BCUT2D eigenvalue weighted by molar-refractivity contribution is 6.32. The minimum Gasteiger partial charge on any atom is -0.433 e. The zero-order chi connectivity index (χ0) is 19.4. The first-order valence-corrected chi connectivity index (χ1v) is 8.62. The van der Waals surface area contributed by atoms with E-state index in [1.165, 1.54) is 18.2 Å². The summed E-state index contributed by atoms with van der Waals surface area (Å²) in [6.07, 6.45) is 0.169. The van der Waals surface area contributed by atoms with E-state index in [4.69, 9.17) is 11.6 Å². The molecule has 142 valence electrons. The summed E-state index contributed by atoms with van der Waals surface area (Å²) < 4.78 is 30.7. The minimum atomic E-state index is -2.96. The molecule has 0 aliphatic carbocycles. The number of hydrogen-bond donors (Lipinski definition) is 1. The Morgan fingerprint density at radius 1 is 1.35 bits per heavy atom. The van der Waals surface area contributed by atoms with Crippen molar-refractivity contribution in [1.29, 1.82) is 0 Å². The quantitative estimate of drug-likeness (QED) is 0.758. The monoisotopic (exact) mass is 385 g/mol. The van der Waals surface area contributed by atoms with Crippen LogP contribution in [-0.4, -0.2) is 22.3 Å². The number of ether oxygens (including phenoxy) is 1. The SMILES string of the molecule is Cc1nn(CC(C)C)c(C)c1CC(=O)Nc1ccc(OC(F)F)c(Cl)c1. The van der Waals surface area contributed by atoms with E-state index in [1.54, 1.807) is 0 Å². The number of halogens is 3. The van der Waals surface area contributed by atoms with Gasteiger partial charge in [-0.15, -0.1) is 0 Å². The van der Waals surface area contributed by atoms with Gasteiger partial charge in [0.25, 0.3) is 0 Å². The number of alkyl halides is 2. The van der Waals surface area contributed by atoms with Crippen LogP contribution < -0.4 is 10.1 Å². The van der Waals surface area contributed by atoms with Gasteiger partial charge in [0.15, 0.2) is 0 Å². The Morgan fingerprint density at radius 2 is 2.04 bits per heavy atom. The predicted molar refractivity (Wildman–Crippen MR) is 97.0 cm³/mol. The second-order valence-electron chi connectivity index (χ2n) is 6.47. The van der Waals surface area contributed by atoms with Gasteiger partial charge < -0.3 is 10.1 Å². The van der Waals surface area contributed by atoms with Crippen molar-refractivity contribution >= 4 is 23.2 Å². The molecule has 1 N–H and O–H groups in total. The number of carbonyl (C=O) groups is 1. The Hall–Kier alpha value is -2.15. The fourth-order valence-corrected chi connectivity index (χ4v) is 2.87. The van der Waals surface area contributed by atoms with Crippen LogP contribution in [0.25, 0.3) is 0 Å². The van der Waals surface area contributed by atoms with Gasteiger partial charge in [0.1, 0.15) is 5.75 Å². The van der Waals surface area contributed by atoms with E-state index in [0.717, 1.165) is 23.5 Å². The molecule has 0 bridgehead atoms. The molecule has 1 amide bonds. The third-order valence-electron chi connectivity index (χ3n) is 3.84. The zero-order valence-electron chi connectivity index (χ0n) is 15.1. The fourth-order valence-electron chi connectivity index (χ4n) is 2.65. The van der Waals surface area contributed by atoms with Crippen LogP contribution in [0.1, 0.15) is 30.8 Å². The van der Waals surface area contributed by atoms with Gasteiger partial charge in [-0.25, -0.2) is 0 Å². The summed E-state index contributed by atoms with van der Waals surface area (Å²) in [6.45, 7) is 5.86. The first kappa shape index (κ1) is 20.2. The molecule has 1 aromatic carbocycles. The van der Waals surface area contributed by atoms with Crippen LogP contribution in [0.3, 0.4) is 0 Å². The molecular weight excluding hydrogens is 364 g/mol. The summed E-state index contributed by atoms with van der Waals surface area (Å²) in [4.78, 5) is 12.3. The van der Waals surface area contributed by atoms with Crippen LogP contribution in [0.15, 0.2) is 18.2 Å². The van der Waals surface area contributed by atoms with Gasteiger partial charge in [0.05, 0.1) is 17.1 Å². The summed E-state index contributed by atoms with van der Waals surface area (Å²) in [5.74, 6) is 0.0750. The molecular formula is C18H22ClF2N3O2. The van der Waals surface area contributed by atoms with Crippen molar-refractivity contribution in [3.05, 3.63) is 40.2 Å². The van der Waals surface area contributed by atoms with Gasteiger partial charge in [-0.2, -0.15) is 13.9 Å². The molecule has 8 heteroatoms.